The number of carbonyl (C=O) groups excluding carboxylic acids is 1. The van der Waals surface area contributed by atoms with Gasteiger partial charge in [0.1, 0.15) is 5.82 Å². The molecule has 1 heterocycles. The van der Waals surface area contributed by atoms with E-state index in [2.05, 4.69) is 4.98 Å². The standard InChI is InChI=1S/C22H23FN2O2/c1-4-20(26)25(12-16-7-9-18(23)10-8-16)13-17-11-19-14(2)5-6-15(3)21(19)24-22(17)27/h5-11H,4,12-13H2,1-3H3,(H,24,27). The fraction of sp³-hybridized carbons (Fsp3) is 0.273. The maximum absolute atomic E-state index is 13.1. The molecule has 3 aromatic rings. The van der Waals surface area contributed by atoms with Crippen LogP contribution in [-0.4, -0.2) is 15.8 Å². The maximum atomic E-state index is 13.1. The van der Waals surface area contributed by atoms with E-state index in [-0.39, 0.29) is 23.8 Å². The predicted molar refractivity (Wildman–Crippen MR) is 105 cm³/mol. The second kappa shape index (κ2) is 7.74. The Morgan fingerprint density at radius 1 is 1.04 bits per heavy atom. The SMILES string of the molecule is CCC(=O)N(Cc1ccc(F)cc1)Cc1cc2c(C)ccc(C)c2[nH]c1=O. The van der Waals surface area contributed by atoms with E-state index in [1.807, 2.05) is 32.0 Å². The lowest BCUT2D eigenvalue weighted by Crippen LogP contribution is -2.32. The number of fused-ring (bicyclic) bond motifs is 1. The third kappa shape index (κ3) is 4.08. The van der Waals surface area contributed by atoms with Gasteiger partial charge in [-0.2, -0.15) is 0 Å². The van der Waals surface area contributed by atoms with Crippen LogP contribution in [0.3, 0.4) is 0 Å². The molecule has 0 atom stereocenters. The van der Waals surface area contributed by atoms with E-state index >= 15 is 0 Å². The van der Waals surface area contributed by atoms with Gasteiger partial charge in [-0.25, -0.2) is 4.39 Å². The molecule has 140 valence electrons. The molecule has 5 heteroatoms. The highest BCUT2D eigenvalue weighted by Crippen LogP contribution is 2.20. The predicted octanol–water partition coefficient (Wildman–Crippen LogP) is 4.22. The van der Waals surface area contributed by atoms with Crippen molar-refractivity contribution in [2.75, 3.05) is 0 Å². The fourth-order valence-electron chi connectivity index (χ4n) is 3.21. The number of nitrogens with zero attached hydrogens (tertiary/aromatic N) is 1. The van der Waals surface area contributed by atoms with Crippen molar-refractivity contribution in [2.24, 2.45) is 0 Å². The summed E-state index contributed by atoms with van der Waals surface area (Å²) in [6.07, 6.45) is 0.338. The Morgan fingerprint density at radius 3 is 2.37 bits per heavy atom. The highest BCUT2D eigenvalue weighted by Gasteiger charge is 2.16. The molecule has 0 unspecified atom stereocenters. The van der Waals surface area contributed by atoms with Crippen molar-refractivity contribution in [3.63, 3.8) is 0 Å². The molecule has 0 saturated heterocycles. The van der Waals surface area contributed by atoms with Crippen LogP contribution in [0.2, 0.25) is 0 Å². The number of halogens is 1. The van der Waals surface area contributed by atoms with Crippen LogP contribution in [0.15, 0.2) is 47.3 Å². The van der Waals surface area contributed by atoms with Gasteiger partial charge in [0.2, 0.25) is 5.91 Å². The van der Waals surface area contributed by atoms with Gasteiger partial charge < -0.3 is 9.88 Å². The van der Waals surface area contributed by atoms with Gasteiger partial charge in [-0.05, 0) is 48.7 Å². The summed E-state index contributed by atoms with van der Waals surface area (Å²) >= 11 is 0. The third-order valence-corrected chi connectivity index (χ3v) is 4.82. The molecule has 1 aromatic heterocycles. The minimum atomic E-state index is -0.316. The van der Waals surface area contributed by atoms with Crippen LogP contribution < -0.4 is 5.56 Å². The quantitative estimate of drug-likeness (QED) is 0.735. The highest BCUT2D eigenvalue weighted by molar-refractivity contribution is 5.85. The van der Waals surface area contributed by atoms with E-state index in [1.54, 1.807) is 24.0 Å². The van der Waals surface area contributed by atoms with Crippen molar-refractivity contribution in [2.45, 2.75) is 40.3 Å². The van der Waals surface area contributed by atoms with Gasteiger partial charge >= 0.3 is 0 Å². The first kappa shape index (κ1) is 18.8. The number of H-pyrrole nitrogens is 1. The Labute approximate surface area is 157 Å². The van der Waals surface area contributed by atoms with E-state index in [4.69, 9.17) is 0 Å². The molecule has 2 aromatic carbocycles. The zero-order valence-corrected chi connectivity index (χ0v) is 15.8. The smallest absolute Gasteiger partial charge is 0.253 e. The second-order valence-electron chi connectivity index (χ2n) is 6.84. The molecule has 0 aliphatic heterocycles. The number of aromatic amines is 1. The topological polar surface area (TPSA) is 53.2 Å². The van der Waals surface area contributed by atoms with Crippen LogP contribution in [0, 0.1) is 19.7 Å². The zero-order valence-electron chi connectivity index (χ0n) is 15.8. The molecule has 27 heavy (non-hydrogen) atoms. The van der Waals surface area contributed by atoms with E-state index in [1.165, 1.54) is 12.1 Å². The van der Waals surface area contributed by atoms with Crippen LogP contribution in [0.5, 0.6) is 0 Å². The molecule has 0 aliphatic rings. The first-order chi connectivity index (χ1) is 12.9. The van der Waals surface area contributed by atoms with E-state index in [9.17, 15) is 14.0 Å². The number of rotatable bonds is 5. The molecular formula is C22H23FN2O2. The number of nitrogens with one attached hydrogen (secondary N) is 1. The molecule has 0 radical (unpaired) electrons. The summed E-state index contributed by atoms with van der Waals surface area (Å²) in [7, 11) is 0. The van der Waals surface area contributed by atoms with Crippen LogP contribution in [0.4, 0.5) is 4.39 Å². The normalized spacial score (nSPS) is 11.0. The summed E-state index contributed by atoms with van der Waals surface area (Å²) in [6, 6.07) is 11.9. The van der Waals surface area contributed by atoms with Crippen molar-refractivity contribution in [3.05, 3.63) is 80.9 Å². The number of carbonyl (C=O) groups is 1. The summed E-state index contributed by atoms with van der Waals surface area (Å²) in [5.74, 6) is -0.372. The maximum Gasteiger partial charge on any atom is 0.253 e. The number of benzene rings is 2. The van der Waals surface area contributed by atoms with Crippen molar-refractivity contribution in [3.8, 4) is 0 Å². The molecule has 1 N–H and O–H groups in total. The zero-order chi connectivity index (χ0) is 19.6. The minimum Gasteiger partial charge on any atom is -0.334 e. The van der Waals surface area contributed by atoms with Gasteiger partial charge in [-0.3, -0.25) is 9.59 Å². The second-order valence-corrected chi connectivity index (χ2v) is 6.84. The van der Waals surface area contributed by atoms with Gasteiger partial charge in [0.05, 0.1) is 12.1 Å². The lowest BCUT2D eigenvalue weighted by Gasteiger charge is -2.22. The first-order valence-electron chi connectivity index (χ1n) is 9.03. The number of hydrogen-bond acceptors (Lipinski definition) is 2. The number of hydrogen-bond donors (Lipinski definition) is 1. The molecule has 0 bridgehead atoms. The highest BCUT2D eigenvalue weighted by atomic mass is 19.1. The van der Waals surface area contributed by atoms with Crippen LogP contribution in [0.25, 0.3) is 10.9 Å². The van der Waals surface area contributed by atoms with Crippen molar-refractivity contribution in [1.82, 2.24) is 9.88 Å². The Hall–Kier alpha value is -2.95. The van der Waals surface area contributed by atoms with Crippen molar-refractivity contribution >= 4 is 16.8 Å². The lowest BCUT2D eigenvalue weighted by molar-refractivity contribution is -0.132. The van der Waals surface area contributed by atoms with E-state index < -0.39 is 0 Å². The summed E-state index contributed by atoms with van der Waals surface area (Å²) in [6.45, 7) is 6.29. The Balaban J connectivity index is 1.97. The minimum absolute atomic E-state index is 0.0558. The number of aryl methyl sites for hydroxylation is 2. The molecule has 0 fully saturated rings. The summed E-state index contributed by atoms with van der Waals surface area (Å²) in [4.78, 5) is 29.6. The number of pyridine rings is 1. The molecule has 0 saturated carbocycles. The summed E-state index contributed by atoms with van der Waals surface area (Å²) in [5.41, 5.74) is 4.08. The third-order valence-electron chi connectivity index (χ3n) is 4.82. The Kier molecular flexibility index (Phi) is 5.40. The monoisotopic (exact) mass is 366 g/mol. The van der Waals surface area contributed by atoms with Gasteiger partial charge in [0.15, 0.2) is 0 Å². The van der Waals surface area contributed by atoms with Crippen LogP contribution >= 0.6 is 0 Å². The largest absolute Gasteiger partial charge is 0.334 e. The Morgan fingerprint density at radius 2 is 1.70 bits per heavy atom. The molecule has 3 rings (SSSR count). The average molecular weight is 366 g/mol. The number of aromatic nitrogens is 1. The molecule has 0 aliphatic carbocycles. The van der Waals surface area contributed by atoms with E-state index in [0.717, 1.165) is 27.6 Å². The Bertz CT molecular complexity index is 1040. The van der Waals surface area contributed by atoms with Crippen LogP contribution in [-0.2, 0) is 17.9 Å². The van der Waals surface area contributed by atoms with Gasteiger partial charge in [-0.1, -0.05) is 31.2 Å². The molecule has 0 spiro atoms. The van der Waals surface area contributed by atoms with Gasteiger partial charge in [0.25, 0.3) is 5.56 Å². The average Bonchev–Trinajstić information content (AvgIpc) is 2.66. The van der Waals surface area contributed by atoms with Gasteiger partial charge in [0, 0.05) is 23.9 Å². The summed E-state index contributed by atoms with van der Waals surface area (Å²) in [5, 5.41) is 0.982. The van der Waals surface area contributed by atoms with E-state index in [0.29, 0.717) is 18.5 Å². The van der Waals surface area contributed by atoms with Gasteiger partial charge in [-0.15, -0.1) is 0 Å². The molecular weight excluding hydrogens is 343 g/mol. The fourth-order valence-corrected chi connectivity index (χ4v) is 3.21. The first-order valence-corrected chi connectivity index (χ1v) is 9.03. The molecule has 4 nitrogen and oxygen atoms in total. The van der Waals surface area contributed by atoms with Crippen molar-refractivity contribution < 1.29 is 9.18 Å². The van der Waals surface area contributed by atoms with Crippen LogP contribution in [0.1, 0.15) is 35.6 Å². The molecule has 1 amide bonds. The summed E-state index contributed by atoms with van der Waals surface area (Å²) < 4.78 is 13.1. The number of amides is 1. The lowest BCUT2D eigenvalue weighted by atomic mass is 10.0. The van der Waals surface area contributed by atoms with Crippen molar-refractivity contribution in [1.29, 1.82) is 0 Å².